The smallest absolute Gasteiger partial charge is 0.256 e. The maximum atomic E-state index is 12.3. The van der Waals surface area contributed by atoms with Gasteiger partial charge in [0.15, 0.2) is 0 Å². The highest BCUT2D eigenvalue weighted by molar-refractivity contribution is 6.05. The predicted molar refractivity (Wildman–Crippen MR) is 71.8 cm³/mol. The molecular weight excluding hydrogens is 240 g/mol. The lowest BCUT2D eigenvalue weighted by Gasteiger charge is -2.19. The molecule has 1 aromatic carbocycles. The van der Waals surface area contributed by atoms with Crippen molar-refractivity contribution < 1.29 is 4.79 Å². The number of carbonyl (C=O) groups excluding carboxylic acids is 1. The average Bonchev–Trinajstić information content (AvgIpc) is 2.47. The number of nitrogens with zero attached hydrogens (tertiary/aromatic N) is 2. The normalized spacial score (nSPS) is 13.7. The van der Waals surface area contributed by atoms with E-state index in [-0.39, 0.29) is 5.91 Å². The lowest BCUT2D eigenvalue weighted by molar-refractivity contribution is 0.102. The molecule has 0 bridgehead atoms. The van der Waals surface area contributed by atoms with Crippen LogP contribution in [0.4, 0.5) is 5.69 Å². The molecule has 0 saturated carbocycles. The highest BCUT2D eigenvalue weighted by atomic mass is 16.1. The number of amides is 1. The van der Waals surface area contributed by atoms with E-state index in [1.807, 2.05) is 12.1 Å². The fourth-order valence-corrected chi connectivity index (χ4v) is 2.31. The second kappa shape index (κ2) is 5.16. The standard InChI is InChI=1S/C14H14N4O/c19-14(18-11-7-16-9-17-8-11)13-3-1-2-10-6-15-5-4-12(10)13/h1-3,7-9,15H,4-6H2,(H,18,19). The molecule has 5 nitrogen and oxygen atoms in total. The maximum absolute atomic E-state index is 12.3. The Balaban J connectivity index is 1.88. The Bertz CT molecular complexity index is 598. The molecule has 0 fully saturated rings. The zero-order valence-corrected chi connectivity index (χ0v) is 10.4. The first-order valence-corrected chi connectivity index (χ1v) is 6.22. The molecule has 0 saturated heterocycles. The van der Waals surface area contributed by atoms with Gasteiger partial charge in [-0.3, -0.25) is 4.79 Å². The monoisotopic (exact) mass is 254 g/mol. The third-order valence-electron chi connectivity index (χ3n) is 3.20. The minimum Gasteiger partial charge on any atom is -0.319 e. The second-order valence-electron chi connectivity index (χ2n) is 4.45. The number of nitrogens with one attached hydrogen (secondary N) is 2. The van der Waals surface area contributed by atoms with E-state index in [0.717, 1.165) is 30.6 Å². The summed E-state index contributed by atoms with van der Waals surface area (Å²) < 4.78 is 0. The molecule has 1 aromatic heterocycles. The van der Waals surface area contributed by atoms with Crippen LogP contribution in [0.3, 0.4) is 0 Å². The largest absolute Gasteiger partial charge is 0.319 e. The van der Waals surface area contributed by atoms with Gasteiger partial charge in [-0.15, -0.1) is 0 Å². The summed E-state index contributed by atoms with van der Waals surface area (Å²) in [4.78, 5) is 20.1. The summed E-state index contributed by atoms with van der Waals surface area (Å²) in [6, 6.07) is 5.84. The molecule has 0 unspecified atom stereocenters. The van der Waals surface area contributed by atoms with Crippen LogP contribution in [0.15, 0.2) is 36.9 Å². The van der Waals surface area contributed by atoms with Crippen molar-refractivity contribution in [3.05, 3.63) is 53.6 Å². The fraction of sp³-hybridized carbons (Fsp3) is 0.214. The number of anilines is 1. The van der Waals surface area contributed by atoms with Crippen LogP contribution in [0.1, 0.15) is 21.5 Å². The van der Waals surface area contributed by atoms with Gasteiger partial charge in [-0.1, -0.05) is 12.1 Å². The molecule has 1 amide bonds. The van der Waals surface area contributed by atoms with E-state index >= 15 is 0 Å². The molecule has 2 N–H and O–H groups in total. The van der Waals surface area contributed by atoms with Crippen molar-refractivity contribution in [2.45, 2.75) is 13.0 Å². The summed E-state index contributed by atoms with van der Waals surface area (Å²) in [5, 5.41) is 6.13. The molecule has 0 atom stereocenters. The van der Waals surface area contributed by atoms with Crippen LogP contribution < -0.4 is 10.6 Å². The van der Waals surface area contributed by atoms with Gasteiger partial charge in [0.1, 0.15) is 6.33 Å². The Labute approximate surface area is 111 Å². The maximum Gasteiger partial charge on any atom is 0.256 e. The van der Waals surface area contributed by atoms with Crippen molar-refractivity contribution in [3.63, 3.8) is 0 Å². The quantitative estimate of drug-likeness (QED) is 0.849. The highest BCUT2D eigenvalue weighted by Gasteiger charge is 2.17. The summed E-state index contributed by atoms with van der Waals surface area (Å²) in [6.45, 7) is 1.73. The predicted octanol–water partition coefficient (Wildman–Crippen LogP) is 1.37. The van der Waals surface area contributed by atoms with Gasteiger partial charge < -0.3 is 10.6 Å². The van der Waals surface area contributed by atoms with E-state index in [0.29, 0.717) is 5.69 Å². The van der Waals surface area contributed by atoms with Gasteiger partial charge in [-0.05, 0) is 30.2 Å². The molecule has 19 heavy (non-hydrogen) atoms. The number of benzene rings is 1. The summed E-state index contributed by atoms with van der Waals surface area (Å²) in [7, 11) is 0. The van der Waals surface area contributed by atoms with Crippen LogP contribution in [-0.2, 0) is 13.0 Å². The van der Waals surface area contributed by atoms with Gasteiger partial charge in [-0.2, -0.15) is 0 Å². The summed E-state index contributed by atoms with van der Waals surface area (Å²) in [6.07, 6.45) is 5.49. The van der Waals surface area contributed by atoms with E-state index in [9.17, 15) is 4.79 Å². The molecule has 2 aromatic rings. The van der Waals surface area contributed by atoms with Crippen LogP contribution in [0.5, 0.6) is 0 Å². The topological polar surface area (TPSA) is 66.9 Å². The number of aromatic nitrogens is 2. The van der Waals surface area contributed by atoms with Crippen LogP contribution >= 0.6 is 0 Å². The number of rotatable bonds is 2. The number of hydrogen-bond acceptors (Lipinski definition) is 4. The van der Waals surface area contributed by atoms with Gasteiger partial charge in [0.25, 0.3) is 5.91 Å². The molecule has 5 heteroatoms. The molecule has 0 aliphatic carbocycles. The molecule has 1 aliphatic rings. The number of hydrogen-bond donors (Lipinski definition) is 2. The van der Waals surface area contributed by atoms with Gasteiger partial charge in [0.05, 0.1) is 18.1 Å². The molecule has 3 rings (SSSR count). The van der Waals surface area contributed by atoms with E-state index < -0.39 is 0 Å². The molecular formula is C14H14N4O. The Morgan fingerprint density at radius 3 is 2.95 bits per heavy atom. The highest BCUT2D eigenvalue weighted by Crippen LogP contribution is 2.19. The van der Waals surface area contributed by atoms with E-state index in [4.69, 9.17) is 0 Å². The Morgan fingerprint density at radius 1 is 1.26 bits per heavy atom. The van der Waals surface area contributed by atoms with E-state index in [1.54, 1.807) is 12.4 Å². The summed E-state index contributed by atoms with van der Waals surface area (Å²) in [5.74, 6) is -0.103. The van der Waals surface area contributed by atoms with Gasteiger partial charge in [-0.25, -0.2) is 9.97 Å². The molecule has 96 valence electrons. The van der Waals surface area contributed by atoms with Crippen LogP contribution in [-0.4, -0.2) is 22.4 Å². The van der Waals surface area contributed by atoms with Gasteiger partial charge in [0, 0.05) is 12.1 Å². The van der Waals surface area contributed by atoms with Crippen molar-refractivity contribution in [1.82, 2.24) is 15.3 Å². The van der Waals surface area contributed by atoms with Crippen LogP contribution in [0, 0.1) is 0 Å². The Morgan fingerprint density at radius 2 is 2.11 bits per heavy atom. The zero-order chi connectivity index (χ0) is 13.1. The van der Waals surface area contributed by atoms with Crippen molar-refractivity contribution in [1.29, 1.82) is 0 Å². The van der Waals surface area contributed by atoms with Gasteiger partial charge >= 0.3 is 0 Å². The molecule has 0 spiro atoms. The molecule has 1 aliphatic heterocycles. The van der Waals surface area contributed by atoms with Crippen molar-refractivity contribution in [2.24, 2.45) is 0 Å². The minimum atomic E-state index is -0.103. The Kier molecular flexibility index (Phi) is 3.20. The molecule has 2 heterocycles. The van der Waals surface area contributed by atoms with Crippen LogP contribution in [0.2, 0.25) is 0 Å². The summed E-state index contributed by atoms with van der Waals surface area (Å²) >= 11 is 0. The van der Waals surface area contributed by atoms with Crippen molar-refractivity contribution >= 4 is 11.6 Å². The third kappa shape index (κ3) is 2.46. The van der Waals surface area contributed by atoms with Gasteiger partial charge in [0.2, 0.25) is 0 Å². The van der Waals surface area contributed by atoms with E-state index in [2.05, 4.69) is 26.7 Å². The second-order valence-corrected chi connectivity index (χ2v) is 4.45. The van der Waals surface area contributed by atoms with Crippen molar-refractivity contribution in [3.8, 4) is 0 Å². The van der Waals surface area contributed by atoms with Crippen LogP contribution in [0.25, 0.3) is 0 Å². The fourth-order valence-electron chi connectivity index (χ4n) is 2.31. The Hall–Kier alpha value is -2.27. The molecule has 0 radical (unpaired) electrons. The van der Waals surface area contributed by atoms with E-state index in [1.165, 1.54) is 11.9 Å². The lowest BCUT2D eigenvalue weighted by Crippen LogP contribution is -2.26. The average molecular weight is 254 g/mol. The van der Waals surface area contributed by atoms with Crippen molar-refractivity contribution in [2.75, 3.05) is 11.9 Å². The summed E-state index contributed by atoms with van der Waals surface area (Å²) in [5.41, 5.74) is 3.68. The lowest BCUT2D eigenvalue weighted by atomic mass is 9.95. The zero-order valence-electron chi connectivity index (χ0n) is 10.4. The third-order valence-corrected chi connectivity index (χ3v) is 3.20. The number of carbonyl (C=O) groups is 1. The first kappa shape index (κ1) is 11.8. The first-order chi connectivity index (χ1) is 9.34. The SMILES string of the molecule is O=C(Nc1cncnc1)c1cccc2c1CCNC2. The minimum absolute atomic E-state index is 0.103. The first-order valence-electron chi connectivity index (χ1n) is 6.22. The number of fused-ring (bicyclic) bond motifs is 1.